The molecule has 0 saturated carbocycles. The van der Waals surface area contributed by atoms with Crippen molar-refractivity contribution in [1.29, 1.82) is 0 Å². The summed E-state index contributed by atoms with van der Waals surface area (Å²) >= 11 is 0. The third-order valence-corrected chi connectivity index (χ3v) is 21.1. The number of fused-ring (bicyclic) bond motifs is 18. The Morgan fingerprint density at radius 3 is 1.42 bits per heavy atom. The zero-order chi connectivity index (χ0) is 62.2. The van der Waals surface area contributed by atoms with Crippen molar-refractivity contribution in [2.24, 2.45) is 0 Å². The molecule has 0 amide bonds. The SMILES string of the molecule is CC(C)(C)c1cc(-c2ccccc2)c(N2c3ccccc3B3c4cc5c(cc4Oc4cc(-c6cccc7c6C6(c8ccccc8-c8ccccc86)c6ccccc6-7)cc2c43)N(c2ccccc2)c2cc(C(C)(C)C)cc3c2B5c2ccccc2O3)c(-c2ccccc2)c1. The Labute approximate surface area is 545 Å². The molecule has 440 valence electrons. The minimum atomic E-state index is -0.597. The lowest BCUT2D eigenvalue weighted by Gasteiger charge is -2.44. The highest BCUT2D eigenvalue weighted by Crippen LogP contribution is 2.65. The van der Waals surface area contributed by atoms with E-state index in [0.717, 1.165) is 101 Å². The summed E-state index contributed by atoms with van der Waals surface area (Å²) in [5.41, 5.74) is 32.5. The van der Waals surface area contributed by atoms with E-state index >= 15 is 0 Å². The van der Waals surface area contributed by atoms with Crippen molar-refractivity contribution in [2.75, 3.05) is 9.80 Å². The van der Waals surface area contributed by atoms with E-state index in [2.05, 4.69) is 330 Å². The topological polar surface area (TPSA) is 24.9 Å². The van der Waals surface area contributed by atoms with Gasteiger partial charge in [-0.15, -0.1) is 0 Å². The molecule has 19 rings (SSSR count). The lowest BCUT2D eigenvalue weighted by Crippen LogP contribution is -2.63. The van der Waals surface area contributed by atoms with Gasteiger partial charge in [0.15, 0.2) is 0 Å². The number of para-hydroxylation sites is 3. The molecule has 0 fully saturated rings. The molecule has 0 N–H and O–H groups in total. The number of hydrogen-bond acceptors (Lipinski definition) is 4. The number of hydrogen-bond donors (Lipinski definition) is 0. The second-order valence-corrected chi connectivity index (χ2v) is 28.2. The number of ether oxygens (including phenoxy) is 2. The van der Waals surface area contributed by atoms with Crippen molar-refractivity contribution in [3.8, 4) is 78.6 Å². The lowest BCUT2D eigenvalue weighted by atomic mass is 9.31. The Kier molecular flexibility index (Phi) is 11.4. The van der Waals surface area contributed by atoms with E-state index in [4.69, 9.17) is 9.47 Å². The molecule has 6 aliphatic rings. The van der Waals surface area contributed by atoms with Gasteiger partial charge < -0.3 is 19.3 Å². The molecule has 4 aliphatic heterocycles. The van der Waals surface area contributed by atoms with Crippen LogP contribution < -0.4 is 52.1 Å². The number of benzene rings is 13. The predicted octanol–water partition coefficient (Wildman–Crippen LogP) is 18.4. The summed E-state index contributed by atoms with van der Waals surface area (Å²) in [4.78, 5) is 5.11. The van der Waals surface area contributed by atoms with Gasteiger partial charge in [0.05, 0.1) is 11.1 Å². The fourth-order valence-electron chi connectivity index (χ4n) is 17.0. The highest BCUT2D eigenvalue weighted by atomic mass is 16.5. The van der Waals surface area contributed by atoms with E-state index in [0.29, 0.717) is 0 Å². The molecule has 0 aromatic heterocycles. The van der Waals surface area contributed by atoms with Crippen molar-refractivity contribution in [1.82, 2.24) is 0 Å². The van der Waals surface area contributed by atoms with Gasteiger partial charge in [0, 0.05) is 45.6 Å². The summed E-state index contributed by atoms with van der Waals surface area (Å²) in [6.45, 7) is 13.6. The van der Waals surface area contributed by atoms with Crippen LogP contribution in [0, 0.1) is 0 Å². The maximum atomic E-state index is 8.00. The molecular weight excluding hydrogens is 1130 g/mol. The Bertz CT molecular complexity index is 5210. The number of anilines is 6. The average Bonchev–Trinajstić information content (AvgIpc) is 1.58. The van der Waals surface area contributed by atoms with E-state index in [1.165, 1.54) is 77.6 Å². The fourth-order valence-corrected chi connectivity index (χ4v) is 17.0. The summed E-state index contributed by atoms with van der Waals surface area (Å²) in [7, 11) is 0. The van der Waals surface area contributed by atoms with Crippen LogP contribution >= 0.6 is 0 Å². The monoisotopic (exact) mass is 1190 g/mol. The van der Waals surface area contributed by atoms with Crippen LogP contribution in [0.4, 0.5) is 34.1 Å². The summed E-state index contributed by atoms with van der Waals surface area (Å²) in [5.74, 6) is 3.49. The predicted molar refractivity (Wildman–Crippen MR) is 388 cm³/mol. The third-order valence-electron chi connectivity index (χ3n) is 21.1. The van der Waals surface area contributed by atoms with E-state index in [9.17, 15) is 0 Å². The molecule has 13 aromatic carbocycles. The van der Waals surface area contributed by atoms with Crippen molar-refractivity contribution < 1.29 is 9.47 Å². The quantitative estimate of drug-likeness (QED) is 0.160. The van der Waals surface area contributed by atoms with Gasteiger partial charge in [0.1, 0.15) is 23.0 Å². The van der Waals surface area contributed by atoms with Crippen LogP contribution in [-0.4, -0.2) is 13.4 Å². The van der Waals surface area contributed by atoms with Gasteiger partial charge >= 0.3 is 0 Å². The first-order valence-electron chi connectivity index (χ1n) is 32.9. The molecule has 0 unspecified atom stereocenters. The minimum Gasteiger partial charge on any atom is -0.458 e. The van der Waals surface area contributed by atoms with Crippen LogP contribution in [0.15, 0.2) is 279 Å². The highest BCUT2D eigenvalue weighted by molar-refractivity contribution is 7.02. The Balaban J connectivity index is 0.932. The van der Waals surface area contributed by atoms with E-state index in [1.807, 2.05) is 0 Å². The molecule has 6 heteroatoms. The molecule has 13 aromatic rings. The first-order valence-corrected chi connectivity index (χ1v) is 32.9. The van der Waals surface area contributed by atoms with E-state index in [1.54, 1.807) is 0 Å². The Morgan fingerprint density at radius 1 is 0.301 bits per heavy atom. The molecule has 0 atom stereocenters. The van der Waals surface area contributed by atoms with Gasteiger partial charge in [-0.3, -0.25) is 0 Å². The van der Waals surface area contributed by atoms with Gasteiger partial charge in [-0.25, -0.2) is 0 Å². The zero-order valence-corrected chi connectivity index (χ0v) is 52.9. The Hall–Kier alpha value is -10.8. The summed E-state index contributed by atoms with van der Waals surface area (Å²) in [5, 5.41) is 0. The van der Waals surface area contributed by atoms with Crippen LogP contribution in [-0.2, 0) is 16.2 Å². The zero-order valence-electron chi connectivity index (χ0n) is 52.9. The van der Waals surface area contributed by atoms with Crippen molar-refractivity contribution in [2.45, 2.75) is 57.8 Å². The van der Waals surface area contributed by atoms with Crippen LogP contribution in [0.1, 0.15) is 74.9 Å². The van der Waals surface area contributed by atoms with Gasteiger partial charge in [-0.1, -0.05) is 254 Å². The second-order valence-electron chi connectivity index (χ2n) is 28.2. The van der Waals surface area contributed by atoms with Crippen LogP contribution in [0.2, 0.25) is 0 Å². The summed E-state index contributed by atoms with van der Waals surface area (Å²) < 4.78 is 15.1. The summed E-state index contributed by atoms with van der Waals surface area (Å²) in [6.07, 6.45) is 0. The maximum absolute atomic E-state index is 8.00. The molecule has 0 radical (unpaired) electrons. The van der Waals surface area contributed by atoms with Gasteiger partial charge in [-0.2, -0.15) is 0 Å². The molecule has 4 heterocycles. The average molecular weight is 1190 g/mol. The van der Waals surface area contributed by atoms with Crippen molar-refractivity contribution in [3.63, 3.8) is 0 Å². The molecular formula is C87H64B2N2O2. The van der Waals surface area contributed by atoms with Crippen LogP contribution in [0.3, 0.4) is 0 Å². The maximum Gasteiger partial charge on any atom is 0.256 e. The second kappa shape index (κ2) is 19.6. The third kappa shape index (κ3) is 7.64. The molecule has 0 bridgehead atoms. The molecule has 2 aliphatic carbocycles. The number of rotatable bonds is 5. The van der Waals surface area contributed by atoms with Gasteiger partial charge in [0.25, 0.3) is 13.4 Å². The van der Waals surface area contributed by atoms with Crippen LogP contribution in [0.5, 0.6) is 23.0 Å². The fraction of sp³-hybridized carbons (Fsp3) is 0.103. The van der Waals surface area contributed by atoms with Gasteiger partial charge in [-0.05, 0) is 182 Å². The number of nitrogens with zero attached hydrogens (tertiary/aromatic N) is 2. The largest absolute Gasteiger partial charge is 0.458 e. The smallest absolute Gasteiger partial charge is 0.256 e. The highest BCUT2D eigenvalue weighted by Gasteiger charge is 2.54. The van der Waals surface area contributed by atoms with Crippen molar-refractivity contribution in [3.05, 3.63) is 312 Å². The minimum absolute atomic E-state index is 0.126. The van der Waals surface area contributed by atoms with E-state index in [-0.39, 0.29) is 24.3 Å². The lowest BCUT2D eigenvalue weighted by molar-refractivity contribution is 0.483. The normalized spacial score (nSPS) is 14.3. The first kappa shape index (κ1) is 54.0. The standard InChI is InChI=1S/C87H64B2N2O2/c1-85(2,3)56-47-64(53-27-10-7-11-28-53)84(65(48-56)54-29-12-8-13-30-54)91-73-43-24-22-41-69(73)88-72-51-71-74(90(58-31-14-9-15-32-58)76-49-57(86(4,5)6)50-80-83(76)89(71)70-42-23-25-44-77(70)92-80)52-78(72)93-79-46-55(45-75(91)82(79)88)59-36-26-37-63-62-35-18-21-40-68(62)87(81(59)63)66-38-19-16-33-60(66)61-34-17-20-39-67(61)87/h7-52H,1-6H3. The molecule has 1 spiro atoms. The van der Waals surface area contributed by atoms with Crippen LogP contribution in [0.25, 0.3) is 55.6 Å². The molecule has 4 nitrogen and oxygen atoms in total. The first-order chi connectivity index (χ1) is 45.4. The molecule has 93 heavy (non-hydrogen) atoms. The molecule has 0 saturated heterocycles. The van der Waals surface area contributed by atoms with Gasteiger partial charge in [0.2, 0.25) is 0 Å². The summed E-state index contributed by atoms with van der Waals surface area (Å²) in [6, 6.07) is 105. The Morgan fingerprint density at radius 2 is 0.785 bits per heavy atom. The van der Waals surface area contributed by atoms with Crippen molar-refractivity contribution >= 4 is 80.3 Å². The van der Waals surface area contributed by atoms with E-state index < -0.39 is 5.41 Å².